The third-order valence-corrected chi connectivity index (χ3v) is 7.91. The molecule has 0 saturated heterocycles. The first-order valence-electron chi connectivity index (χ1n) is 9.17. The van der Waals surface area contributed by atoms with Gasteiger partial charge in [0, 0.05) is 24.8 Å². The monoisotopic (exact) mass is 460 g/mol. The summed E-state index contributed by atoms with van der Waals surface area (Å²) in [6.45, 7) is 0. The summed E-state index contributed by atoms with van der Waals surface area (Å²) >= 11 is 12.1. The SMILES string of the molecule is Clc1ccc2c(c1)Sc1ccccc1C21c2ccccc2-c2c(Br)cccc21. The van der Waals surface area contributed by atoms with Crippen molar-refractivity contribution >= 4 is 39.3 Å². The number of benzene rings is 4. The number of rotatable bonds is 0. The highest BCUT2D eigenvalue weighted by atomic mass is 79.9. The fourth-order valence-electron chi connectivity index (χ4n) is 4.88. The zero-order chi connectivity index (χ0) is 18.9. The Morgan fingerprint density at radius 2 is 1.39 bits per heavy atom. The van der Waals surface area contributed by atoms with Crippen LogP contribution < -0.4 is 0 Å². The van der Waals surface area contributed by atoms with Crippen molar-refractivity contribution in [2.75, 3.05) is 0 Å². The molecule has 0 N–H and O–H groups in total. The van der Waals surface area contributed by atoms with Crippen molar-refractivity contribution in [1.29, 1.82) is 0 Å². The molecule has 3 heteroatoms. The highest BCUT2D eigenvalue weighted by molar-refractivity contribution is 9.10. The molecule has 1 aliphatic carbocycles. The topological polar surface area (TPSA) is 0 Å². The molecule has 1 heterocycles. The molecule has 0 amide bonds. The highest BCUT2D eigenvalue weighted by Gasteiger charge is 2.50. The maximum absolute atomic E-state index is 6.40. The van der Waals surface area contributed by atoms with E-state index < -0.39 is 0 Å². The van der Waals surface area contributed by atoms with Gasteiger partial charge in [-0.25, -0.2) is 0 Å². The Bertz CT molecular complexity index is 1280. The lowest BCUT2D eigenvalue weighted by Crippen LogP contribution is -2.31. The number of fused-ring (bicyclic) bond motifs is 9. The van der Waals surface area contributed by atoms with Gasteiger partial charge in [-0.2, -0.15) is 0 Å². The van der Waals surface area contributed by atoms with Crippen molar-refractivity contribution in [3.63, 3.8) is 0 Å². The molecule has 0 bridgehead atoms. The normalized spacial score (nSPS) is 18.4. The van der Waals surface area contributed by atoms with E-state index in [2.05, 4.69) is 94.8 Å². The second-order valence-electron chi connectivity index (χ2n) is 7.20. The molecule has 0 radical (unpaired) electrons. The fraction of sp³-hybridized carbons (Fsp3) is 0.0400. The van der Waals surface area contributed by atoms with Gasteiger partial charge in [0.1, 0.15) is 0 Å². The summed E-state index contributed by atoms with van der Waals surface area (Å²) in [7, 11) is 0. The first-order valence-corrected chi connectivity index (χ1v) is 11.2. The summed E-state index contributed by atoms with van der Waals surface area (Å²) < 4.78 is 1.14. The zero-order valence-corrected chi connectivity index (χ0v) is 17.9. The van der Waals surface area contributed by atoms with E-state index in [4.69, 9.17) is 11.6 Å². The predicted molar refractivity (Wildman–Crippen MR) is 121 cm³/mol. The molecular weight excluding hydrogens is 448 g/mol. The van der Waals surface area contributed by atoms with E-state index in [1.54, 1.807) is 0 Å². The van der Waals surface area contributed by atoms with E-state index in [1.807, 2.05) is 17.8 Å². The Kier molecular flexibility index (Phi) is 3.62. The smallest absolute Gasteiger partial charge is 0.0735 e. The summed E-state index contributed by atoms with van der Waals surface area (Å²) in [5.74, 6) is 0. The van der Waals surface area contributed by atoms with E-state index >= 15 is 0 Å². The van der Waals surface area contributed by atoms with Crippen LogP contribution in [0.2, 0.25) is 5.02 Å². The molecule has 1 spiro atoms. The average Bonchev–Trinajstić information content (AvgIpc) is 3.01. The van der Waals surface area contributed by atoms with E-state index in [-0.39, 0.29) is 5.41 Å². The molecule has 1 unspecified atom stereocenters. The zero-order valence-electron chi connectivity index (χ0n) is 14.7. The molecule has 0 saturated carbocycles. The number of hydrogen-bond donors (Lipinski definition) is 0. The Balaban J connectivity index is 1.86. The minimum Gasteiger partial charge on any atom is -0.0894 e. The van der Waals surface area contributed by atoms with Crippen molar-refractivity contribution in [2.24, 2.45) is 0 Å². The molecule has 6 rings (SSSR count). The lowest BCUT2D eigenvalue weighted by molar-refractivity contribution is 0.722. The number of halogens is 2. The summed E-state index contributed by atoms with van der Waals surface area (Å²) in [6.07, 6.45) is 0. The summed E-state index contributed by atoms with van der Waals surface area (Å²) in [5, 5.41) is 0.779. The molecule has 1 atom stereocenters. The highest BCUT2D eigenvalue weighted by Crippen LogP contribution is 2.63. The van der Waals surface area contributed by atoms with Crippen LogP contribution in [0.15, 0.2) is 99.2 Å². The van der Waals surface area contributed by atoms with Crippen molar-refractivity contribution in [3.8, 4) is 11.1 Å². The van der Waals surface area contributed by atoms with Gasteiger partial charge >= 0.3 is 0 Å². The van der Waals surface area contributed by atoms with Crippen LogP contribution >= 0.6 is 39.3 Å². The molecule has 2 aliphatic rings. The Morgan fingerprint density at radius 3 is 2.29 bits per heavy atom. The van der Waals surface area contributed by atoms with Crippen molar-refractivity contribution in [2.45, 2.75) is 15.2 Å². The Morgan fingerprint density at radius 1 is 0.679 bits per heavy atom. The lowest BCUT2D eigenvalue weighted by Gasteiger charge is -2.39. The third-order valence-electron chi connectivity index (χ3n) is 5.88. The summed E-state index contributed by atoms with van der Waals surface area (Å²) in [4.78, 5) is 2.52. The minimum atomic E-state index is -0.322. The van der Waals surface area contributed by atoms with Gasteiger partial charge in [0.15, 0.2) is 0 Å². The average molecular weight is 462 g/mol. The first kappa shape index (κ1) is 16.9. The van der Waals surface area contributed by atoms with E-state index in [0.717, 1.165) is 9.50 Å². The molecular formula is C25H14BrClS. The molecule has 1 aliphatic heterocycles. The largest absolute Gasteiger partial charge is 0.0894 e. The van der Waals surface area contributed by atoms with Gasteiger partial charge in [0.05, 0.1) is 5.41 Å². The Hall–Kier alpha value is -2.00. The molecule has 0 fully saturated rings. The number of hydrogen-bond acceptors (Lipinski definition) is 1. The van der Waals surface area contributed by atoms with Gasteiger partial charge in [0.25, 0.3) is 0 Å². The maximum Gasteiger partial charge on any atom is 0.0735 e. The van der Waals surface area contributed by atoms with Gasteiger partial charge < -0.3 is 0 Å². The van der Waals surface area contributed by atoms with Crippen LogP contribution in [0.25, 0.3) is 11.1 Å². The van der Waals surface area contributed by atoms with Crippen molar-refractivity contribution in [3.05, 3.63) is 117 Å². The first-order chi connectivity index (χ1) is 13.7. The molecule has 4 aromatic carbocycles. The van der Waals surface area contributed by atoms with Gasteiger partial charge in [-0.05, 0) is 52.1 Å². The van der Waals surface area contributed by atoms with E-state index in [1.165, 1.54) is 43.2 Å². The molecule has 4 aromatic rings. The van der Waals surface area contributed by atoms with Gasteiger partial charge in [-0.3, -0.25) is 0 Å². The second-order valence-corrected chi connectivity index (χ2v) is 9.57. The second kappa shape index (κ2) is 6.00. The van der Waals surface area contributed by atoms with Gasteiger partial charge in [-0.15, -0.1) is 0 Å². The fourth-order valence-corrected chi connectivity index (χ4v) is 6.93. The van der Waals surface area contributed by atoms with Crippen molar-refractivity contribution in [1.82, 2.24) is 0 Å². The molecule has 134 valence electrons. The standard InChI is InChI=1S/C25H14BrClS/c26-21-10-5-9-20-24(21)16-6-1-2-7-17(16)25(20)18-8-3-4-11-22(18)28-23-14-15(27)12-13-19(23)25/h1-14H. The van der Waals surface area contributed by atoms with Crippen LogP contribution in [0.5, 0.6) is 0 Å². The molecule has 28 heavy (non-hydrogen) atoms. The Labute approximate surface area is 181 Å². The predicted octanol–water partition coefficient (Wildman–Crippen LogP) is 7.93. The maximum atomic E-state index is 6.40. The van der Waals surface area contributed by atoms with Crippen LogP contribution in [0, 0.1) is 0 Å². The van der Waals surface area contributed by atoms with E-state index in [0.29, 0.717) is 0 Å². The minimum absolute atomic E-state index is 0.322. The third kappa shape index (κ3) is 2.03. The molecule has 0 aromatic heterocycles. The van der Waals surface area contributed by atoms with Gasteiger partial charge in [0.2, 0.25) is 0 Å². The van der Waals surface area contributed by atoms with Crippen LogP contribution in [0.4, 0.5) is 0 Å². The summed E-state index contributed by atoms with van der Waals surface area (Å²) in [6, 6.07) is 30.5. The van der Waals surface area contributed by atoms with Crippen LogP contribution in [-0.4, -0.2) is 0 Å². The van der Waals surface area contributed by atoms with Crippen LogP contribution in [-0.2, 0) is 5.41 Å². The van der Waals surface area contributed by atoms with Crippen molar-refractivity contribution < 1.29 is 0 Å². The van der Waals surface area contributed by atoms with Crippen LogP contribution in [0.1, 0.15) is 22.3 Å². The molecule has 0 nitrogen and oxygen atoms in total. The van der Waals surface area contributed by atoms with Gasteiger partial charge in [-0.1, -0.05) is 100.0 Å². The summed E-state index contributed by atoms with van der Waals surface area (Å²) in [5.41, 5.74) is 7.60. The lowest BCUT2D eigenvalue weighted by atomic mass is 9.67. The van der Waals surface area contributed by atoms with E-state index in [9.17, 15) is 0 Å². The quantitative estimate of drug-likeness (QED) is 0.221. The van der Waals surface area contributed by atoms with Crippen LogP contribution in [0.3, 0.4) is 0 Å².